The molecule has 1 heterocycles. The van der Waals surface area contributed by atoms with Gasteiger partial charge in [-0.3, -0.25) is 14.4 Å². The van der Waals surface area contributed by atoms with Gasteiger partial charge in [0.05, 0.1) is 17.2 Å². The van der Waals surface area contributed by atoms with Crippen LogP contribution in [0.3, 0.4) is 0 Å². The molecule has 3 amide bonds. The van der Waals surface area contributed by atoms with Crippen molar-refractivity contribution in [2.75, 3.05) is 25.0 Å². The summed E-state index contributed by atoms with van der Waals surface area (Å²) in [5.74, 6) is -0.894. The third-order valence-electron chi connectivity index (χ3n) is 4.77. The zero-order chi connectivity index (χ0) is 19.1. The van der Waals surface area contributed by atoms with Crippen LogP contribution < -0.4 is 16.4 Å². The average molecular weight is 360 g/mol. The van der Waals surface area contributed by atoms with E-state index in [0.29, 0.717) is 30.9 Å². The Morgan fingerprint density at radius 1 is 1.27 bits per heavy atom. The summed E-state index contributed by atoms with van der Waals surface area (Å²) in [5, 5.41) is 5.51. The van der Waals surface area contributed by atoms with E-state index in [0.717, 1.165) is 12.8 Å². The minimum atomic E-state index is -0.400. The van der Waals surface area contributed by atoms with Gasteiger partial charge in [0.1, 0.15) is 0 Å². The van der Waals surface area contributed by atoms with Crippen LogP contribution in [0.1, 0.15) is 43.5 Å². The Bertz CT molecular complexity index is 658. The first kappa shape index (κ1) is 19.9. The van der Waals surface area contributed by atoms with E-state index in [-0.39, 0.29) is 30.2 Å². The zero-order valence-corrected chi connectivity index (χ0v) is 15.5. The third kappa shape index (κ3) is 4.60. The van der Waals surface area contributed by atoms with E-state index < -0.39 is 5.92 Å². The van der Waals surface area contributed by atoms with Crippen molar-refractivity contribution >= 4 is 23.4 Å². The first-order valence-corrected chi connectivity index (χ1v) is 9.19. The van der Waals surface area contributed by atoms with Crippen molar-refractivity contribution < 1.29 is 14.4 Å². The van der Waals surface area contributed by atoms with Crippen LogP contribution in [0.15, 0.2) is 24.3 Å². The standard InChI is InChI=1S/C19H28N4O3/c1-3-14(4-2)23-12-13(11-17(23)24)18(25)22-16-8-6-5-7-15(16)19(26)21-10-9-20/h5-8,13-14H,3-4,9-12,20H2,1-2H3,(H,21,26)(H,22,25). The van der Waals surface area contributed by atoms with Crippen LogP contribution >= 0.6 is 0 Å². The maximum Gasteiger partial charge on any atom is 0.253 e. The highest BCUT2D eigenvalue weighted by Gasteiger charge is 2.37. The van der Waals surface area contributed by atoms with Gasteiger partial charge in [0.25, 0.3) is 5.91 Å². The molecule has 0 radical (unpaired) electrons. The van der Waals surface area contributed by atoms with Gasteiger partial charge in [0.15, 0.2) is 0 Å². The molecule has 7 nitrogen and oxygen atoms in total. The molecule has 4 N–H and O–H groups in total. The Morgan fingerprint density at radius 3 is 2.62 bits per heavy atom. The van der Waals surface area contributed by atoms with Gasteiger partial charge in [0.2, 0.25) is 11.8 Å². The number of nitrogens with one attached hydrogen (secondary N) is 2. The van der Waals surface area contributed by atoms with Crippen LogP contribution in [-0.2, 0) is 9.59 Å². The summed E-state index contributed by atoms with van der Waals surface area (Å²) in [6.45, 7) is 5.23. The Morgan fingerprint density at radius 2 is 1.96 bits per heavy atom. The van der Waals surface area contributed by atoms with Crippen molar-refractivity contribution in [2.45, 2.75) is 39.2 Å². The van der Waals surface area contributed by atoms with Gasteiger partial charge < -0.3 is 21.3 Å². The summed E-state index contributed by atoms with van der Waals surface area (Å²) >= 11 is 0. The Kier molecular flexibility index (Phi) is 7.15. The molecule has 1 aliphatic heterocycles. The molecule has 142 valence electrons. The lowest BCUT2D eigenvalue weighted by atomic mass is 10.1. The molecule has 1 saturated heterocycles. The molecular weight excluding hydrogens is 332 g/mol. The molecule has 1 atom stereocenters. The molecule has 0 saturated carbocycles. The number of likely N-dealkylation sites (tertiary alicyclic amines) is 1. The monoisotopic (exact) mass is 360 g/mol. The zero-order valence-electron chi connectivity index (χ0n) is 15.5. The number of carbonyl (C=O) groups excluding carboxylic acids is 3. The minimum Gasteiger partial charge on any atom is -0.351 e. The normalized spacial score (nSPS) is 16.8. The number of anilines is 1. The second kappa shape index (κ2) is 9.33. The van der Waals surface area contributed by atoms with Gasteiger partial charge in [-0.2, -0.15) is 0 Å². The summed E-state index contributed by atoms with van der Waals surface area (Å²) in [6, 6.07) is 7.00. The number of amides is 3. The van der Waals surface area contributed by atoms with E-state index in [1.165, 1.54) is 0 Å². The number of hydrogen-bond acceptors (Lipinski definition) is 4. The lowest BCUT2D eigenvalue weighted by Gasteiger charge is -2.26. The van der Waals surface area contributed by atoms with E-state index in [4.69, 9.17) is 5.73 Å². The summed E-state index contributed by atoms with van der Waals surface area (Å²) < 4.78 is 0. The average Bonchev–Trinajstić information content (AvgIpc) is 3.03. The molecule has 1 aromatic rings. The molecule has 0 bridgehead atoms. The van der Waals surface area contributed by atoms with Crippen molar-refractivity contribution in [3.8, 4) is 0 Å². The van der Waals surface area contributed by atoms with E-state index in [1.807, 2.05) is 18.7 Å². The van der Waals surface area contributed by atoms with Crippen molar-refractivity contribution in [3.63, 3.8) is 0 Å². The van der Waals surface area contributed by atoms with Gasteiger partial charge in [-0.25, -0.2) is 0 Å². The number of para-hydroxylation sites is 1. The number of benzene rings is 1. The number of hydrogen-bond donors (Lipinski definition) is 3. The summed E-state index contributed by atoms with van der Waals surface area (Å²) in [4.78, 5) is 38.9. The smallest absolute Gasteiger partial charge is 0.253 e. The Labute approximate surface area is 154 Å². The second-order valence-electron chi connectivity index (χ2n) is 6.50. The number of nitrogens with two attached hydrogens (primary N) is 1. The van der Waals surface area contributed by atoms with E-state index >= 15 is 0 Å². The quantitative estimate of drug-likeness (QED) is 0.651. The van der Waals surface area contributed by atoms with Crippen LogP contribution in [0.5, 0.6) is 0 Å². The predicted molar refractivity (Wildman–Crippen MR) is 101 cm³/mol. The molecule has 1 aromatic carbocycles. The van der Waals surface area contributed by atoms with Crippen LogP contribution in [0.2, 0.25) is 0 Å². The minimum absolute atomic E-state index is 0.0211. The molecule has 26 heavy (non-hydrogen) atoms. The highest BCUT2D eigenvalue weighted by molar-refractivity contribution is 6.05. The van der Waals surface area contributed by atoms with E-state index in [1.54, 1.807) is 24.3 Å². The van der Waals surface area contributed by atoms with Gasteiger partial charge in [-0.15, -0.1) is 0 Å². The predicted octanol–water partition coefficient (Wildman–Crippen LogP) is 1.35. The highest BCUT2D eigenvalue weighted by atomic mass is 16.2. The molecule has 7 heteroatoms. The molecule has 2 rings (SSSR count). The lowest BCUT2D eigenvalue weighted by molar-refractivity contribution is -0.130. The van der Waals surface area contributed by atoms with Crippen molar-refractivity contribution in [1.82, 2.24) is 10.2 Å². The topological polar surface area (TPSA) is 105 Å². The maximum absolute atomic E-state index is 12.7. The second-order valence-corrected chi connectivity index (χ2v) is 6.50. The SMILES string of the molecule is CCC(CC)N1CC(C(=O)Nc2ccccc2C(=O)NCCN)CC1=O. The highest BCUT2D eigenvalue weighted by Crippen LogP contribution is 2.25. The van der Waals surface area contributed by atoms with Crippen molar-refractivity contribution in [1.29, 1.82) is 0 Å². The lowest BCUT2D eigenvalue weighted by Crippen LogP contribution is -2.36. The molecule has 0 aliphatic carbocycles. The fourth-order valence-electron chi connectivity index (χ4n) is 3.30. The molecule has 1 fully saturated rings. The summed E-state index contributed by atoms with van der Waals surface area (Å²) in [7, 11) is 0. The van der Waals surface area contributed by atoms with Gasteiger partial charge in [-0.1, -0.05) is 26.0 Å². The molecule has 1 unspecified atom stereocenters. The third-order valence-corrected chi connectivity index (χ3v) is 4.77. The van der Waals surface area contributed by atoms with Gasteiger partial charge >= 0.3 is 0 Å². The largest absolute Gasteiger partial charge is 0.351 e. The molecular formula is C19H28N4O3. The number of rotatable bonds is 8. The van der Waals surface area contributed by atoms with E-state index in [2.05, 4.69) is 10.6 Å². The van der Waals surface area contributed by atoms with E-state index in [9.17, 15) is 14.4 Å². The van der Waals surface area contributed by atoms with Crippen LogP contribution in [0, 0.1) is 5.92 Å². The summed E-state index contributed by atoms with van der Waals surface area (Å²) in [5.41, 5.74) is 6.24. The Balaban J connectivity index is 2.07. The van der Waals surface area contributed by atoms with Crippen molar-refractivity contribution in [3.05, 3.63) is 29.8 Å². The number of carbonyl (C=O) groups is 3. The number of nitrogens with zero attached hydrogens (tertiary/aromatic N) is 1. The van der Waals surface area contributed by atoms with Crippen molar-refractivity contribution in [2.24, 2.45) is 11.7 Å². The molecule has 0 spiro atoms. The van der Waals surface area contributed by atoms with Crippen LogP contribution in [-0.4, -0.2) is 48.3 Å². The molecule has 1 aliphatic rings. The first-order chi connectivity index (χ1) is 12.5. The Hall–Kier alpha value is -2.41. The first-order valence-electron chi connectivity index (χ1n) is 9.19. The van der Waals surface area contributed by atoms with Gasteiger partial charge in [-0.05, 0) is 25.0 Å². The molecule has 0 aromatic heterocycles. The van der Waals surface area contributed by atoms with Crippen LogP contribution in [0.4, 0.5) is 5.69 Å². The maximum atomic E-state index is 12.7. The fourth-order valence-corrected chi connectivity index (χ4v) is 3.30. The van der Waals surface area contributed by atoms with Gasteiger partial charge in [0, 0.05) is 32.1 Å². The van der Waals surface area contributed by atoms with Crippen LogP contribution in [0.25, 0.3) is 0 Å². The summed E-state index contributed by atoms with van der Waals surface area (Å²) in [6.07, 6.45) is 1.96. The fraction of sp³-hybridized carbons (Fsp3) is 0.526.